The molecule has 0 saturated carbocycles. The van der Waals surface area contributed by atoms with E-state index in [9.17, 15) is 0 Å². The SMILES string of the molecule is COc1cc(COCC2CCCN2)ccc1C#N. The lowest BCUT2D eigenvalue weighted by Crippen LogP contribution is -2.26. The molecule has 1 atom stereocenters. The number of ether oxygens (including phenoxy) is 2. The number of nitriles is 1. The van der Waals surface area contributed by atoms with Crippen molar-refractivity contribution in [2.24, 2.45) is 0 Å². The Labute approximate surface area is 108 Å². The van der Waals surface area contributed by atoms with Crippen molar-refractivity contribution in [3.8, 4) is 11.8 Å². The molecule has 1 aromatic carbocycles. The first kappa shape index (κ1) is 12.9. The third-order valence-corrected chi connectivity index (χ3v) is 3.14. The molecule has 1 saturated heterocycles. The summed E-state index contributed by atoms with van der Waals surface area (Å²) in [5.41, 5.74) is 1.59. The highest BCUT2D eigenvalue weighted by molar-refractivity contribution is 5.45. The van der Waals surface area contributed by atoms with Crippen LogP contribution in [-0.2, 0) is 11.3 Å². The molecule has 1 aromatic rings. The summed E-state index contributed by atoms with van der Waals surface area (Å²) < 4.78 is 10.8. The second-order valence-corrected chi connectivity index (χ2v) is 4.45. The molecule has 1 N–H and O–H groups in total. The summed E-state index contributed by atoms with van der Waals surface area (Å²) in [4.78, 5) is 0. The van der Waals surface area contributed by atoms with E-state index in [0.29, 0.717) is 24.0 Å². The lowest BCUT2D eigenvalue weighted by atomic mass is 10.1. The molecule has 18 heavy (non-hydrogen) atoms. The molecule has 1 unspecified atom stereocenters. The van der Waals surface area contributed by atoms with Gasteiger partial charge in [-0.05, 0) is 37.1 Å². The van der Waals surface area contributed by atoms with Crippen molar-refractivity contribution in [3.63, 3.8) is 0 Å². The van der Waals surface area contributed by atoms with Crippen molar-refractivity contribution in [1.29, 1.82) is 5.26 Å². The van der Waals surface area contributed by atoms with Crippen LogP contribution in [-0.4, -0.2) is 26.3 Å². The summed E-state index contributed by atoms with van der Waals surface area (Å²) in [5, 5.41) is 12.3. The van der Waals surface area contributed by atoms with Crippen molar-refractivity contribution in [3.05, 3.63) is 29.3 Å². The van der Waals surface area contributed by atoms with Gasteiger partial charge in [-0.1, -0.05) is 6.07 Å². The van der Waals surface area contributed by atoms with E-state index in [1.807, 2.05) is 12.1 Å². The Bertz CT molecular complexity index is 434. The number of benzene rings is 1. The number of nitrogens with one attached hydrogen (secondary N) is 1. The van der Waals surface area contributed by atoms with Gasteiger partial charge in [0.15, 0.2) is 0 Å². The number of nitrogens with zero attached hydrogens (tertiary/aromatic N) is 1. The molecule has 0 amide bonds. The second-order valence-electron chi connectivity index (χ2n) is 4.45. The quantitative estimate of drug-likeness (QED) is 0.861. The topological polar surface area (TPSA) is 54.3 Å². The fourth-order valence-corrected chi connectivity index (χ4v) is 2.14. The summed E-state index contributed by atoms with van der Waals surface area (Å²) in [5.74, 6) is 0.609. The monoisotopic (exact) mass is 246 g/mol. The van der Waals surface area contributed by atoms with Gasteiger partial charge < -0.3 is 14.8 Å². The largest absolute Gasteiger partial charge is 0.495 e. The third kappa shape index (κ3) is 3.22. The maximum atomic E-state index is 8.89. The van der Waals surface area contributed by atoms with Crippen LogP contribution >= 0.6 is 0 Å². The van der Waals surface area contributed by atoms with Gasteiger partial charge in [0, 0.05) is 6.04 Å². The number of hydrogen-bond acceptors (Lipinski definition) is 4. The molecule has 1 fully saturated rings. The molecule has 0 bridgehead atoms. The predicted molar refractivity (Wildman–Crippen MR) is 68.4 cm³/mol. The number of methoxy groups -OCH3 is 1. The molecular weight excluding hydrogens is 228 g/mol. The van der Waals surface area contributed by atoms with Crippen LogP contribution in [0.25, 0.3) is 0 Å². The van der Waals surface area contributed by atoms with Crippen molar-refractivity contribution in [2.45, 2.75) is 25.5 Å². The fraction of sp³-hybridized carbons (Fsp3) is 0.500. The maximum Gasteiger partial charge on any atom is 0.136 e. The summed E-state index contributed by atoms with van der Waals surface area (Å²) in [6, 6.07) is 8.13. The molecule has 2 rings (SSSR count). The van der Waals surface area contributed by atoms with Gasteiger partial charge in [-0.3, -0.25) is 0 Å². The van der Waals surface area contributed by atoms with Gasteiger partial charge in [0.05, 0.1) is 25.9 Å². The summed E-state index contributed by atoms with van der Waals surface area (Å²) in [7, 11) is 1.57. The first-order chi connectivity index (χ1) is 8.83. The van der Waals surface area contributed by atoms with Gasteiger partial charge in [0.25, 0.3) is 0 Å². The predicted octanol–water partition coefficient (Wildman–Crippen LogP) is 1.84. The minimum absolute atomic E-state index is 0.491. The fourth-order valence-electron chi connectivity index (χ4n) is 2.14. The van der Waals surface area contributed by atoms with E-state index in [-0.39, 0.29) is 0 Å². The zero-order valence-electron chi connectivity index (χ0n) is 10.6. The van der Waals surface area contributed by atoms with Gasteiger partial charge in [-0.15, -0.1) is 0 Å². The number of hydrogen-bond donors (Lipinski definition) is 1. The average molecular weight is 246 g/mol. The molecule has 0 aromatic heterocycles. The smallest absolute Gasteiger partial charge is 0.136 e. The lowest BCUT2D eigenvalue weighted by Gasteiger charge is -2.11. The minimum atomic E-state index is 0.491. The highest BCUT2D eigenvalue weighted by Crippen LogP contribution is 2.19. The summed E-state index contributed by atoms with van der Waals surface area (Å²) >= 11 is 0. The zero-order valence-corrected chi connectivity index (χ0v) is 10.6. The van der Waals surface area contributed by atoms with Crippen molar-refractivity contribution in [2.75, 3.05) is 20.3 Å². The van der Waals surface area contributed by atoms with Crippen molar-refractivity contribution < 1.29 is 9.47 Å². The molecule has 4 heteroatoms. The van der Waals surface area contributed by atoms with Crippen LogP contribution in [0.4, 0.5) is 0 Å². The number of rotatable bonds is 5. The van der Waals surface area contributed by atoms with E-state index in [2.05, 4.69) is 11.4 Å². The van der Waals surface area contributed by atoms with Crippen LogP contribution in [0.3, 0.4) is 0 Å². The van der Waals surface area contributed by atoms with Gasteiger partial charge in [0.1, 0.15) is 11.8 Å². The second kappa shape index (κ2) is 6.39. The normalized spacial score (nSPS) is 18.6. The molecular formula is C14H18N2O2. The standard InChI is InChI=1S/C14H18N2O2/c1-17-14-7-11(4-5-12(14)8-15)9-18-10-13-3-2-6-16-13/h4-5,7,13,16H,2-3,6,9-10H2,1H3. The van der Waals surface area contributed by atoms with Crippen LogP contribution in [0.5, 0.6) is 5.75 Å². The molecule has 1 heterocycles. The molecule has 0 spiro atoms. The first-order valence-electron chi connectivity index (χ1n) is 6.21. The average Bonchev–Trinajstić information content (AvgIpc) is 2.91. The molecule has 4 nitrogen and oxygen atoms in total. The van der Waals surface area contributed by atoms with E-state index in [0.717, 1.165) is 18.7 Å². The van der Waals surface area contributed by atoms with E-state index in [1.54, 1.807) is 13.2 Å². The molecule has 1 aliphatic heterocycles. The summed E-state index contributed by atoms with van der Waals surface area (Å²) in [6.07, 6.45) is 2.43. The van der Waals surface area contributed by atoms with Crippen molar-refractivity contribution in [1.82, 2.24) is 5.32 Å². The van der Waals surface area contributed by atoms with Gasteiger partial charge >= 0.3 is 0 Å². The first-order valence-corrected chi connectivity index (χ1v) is 6.21. The highest BCUT2D eigenvalue weighted by atomic mass is 16.5. The Balaban J connectivity index is 1.87. The van der Waals surface area contributed by atoms with Gasteiger partial charge in [0.2, 0.25) is 0 Å². The van der Waals surface area contributed by atoms with Crippen LogP contribution < -0.4 is 10.1 Å². The maximum absolute atomic E-state index is 8.89. The van der Waals surface area contributed by atoms with E-state index < -0.39 is 0 Å². The van der Waals surface area contributed by atoms with E-state index in [1.165, 1.54) is 12.8 Å². The molecule has 1 aliphatic rings. The highest BCUT2D eigenvalue weighted by Gasteiger charge is 2.13. The van der Waals surface area contributed by atoms with E-state index in [4.69, 9.17) is 14.7 Å². The van der Waals surface area contributed by atoms with Crippen molar-refractivity contribution >= 4 is 0 Å². The van der Waals surface area contributed by atoms with Gasteiger partial charge in [-0.25, -0.2) is 0 Å². The third-order valence-electron chi connectivity index (χ3n) is 3.14. The zero-order chi connectivity index (χ0) is 12.8. The Hall–Kier alpha value is -1.57. The Morgan fingerprint density at radius 3 is 3.06 bits per heavy atom. The Kier molecular flexibility index (Phi) is 4.57. The molecule has 0 radical (unpaired) electrons. The van der Waals surface area contributed by atoms with Gasteiger partial charge in [-0.2, -0.15) is 5.26 Å². The molecule has 0 aliphatic carbocycles. The Morgan fingerprint density at radius 1 is 1.50 bits per heavy atom. The van der Waals surface area contributed by atoms with Crippen LogP contribution in [0.2, 0.25) is 0 Å². The van der Waals surface area contributed by atoms with Crippen LogP contribution in [0.15, 0.2) is 18.2 Å². The van der Waals surface area contributed by atoms with Crippen LogP contribution in [0, 0.1) is 11.3 Å². The van der Waals surface area contributed by atoms with Crippen LogP contribution in [0.1, 0.15) is 24.0 Å². The van der Waals surface area contributed by atoms with E-state index >= 15 is 0 Å². The lowest BCUT2D eigenvalue weighted by molar-refractivity contribution is 0.103. The minimum Gasteiger partial charge on any atom is -0.495 e. The molecule has 96 valence electrons. The Morgan fingerprint density at radius 2 is 2.39 bits per heavy atom. The summed E-state index contributed by atoms with van der Waals surface area (Å²) in [6.45, 7) is 2.39.